The lowest BCUT2D eigenvalue weighted by molar-refractivity contribution is -0.419. The van der Waals surface area contributed by atoms with Crippen LogP contribution in [0.4, 0.5) is 0 Å². The largest absolute Gasteiger partial charge is 0.379 e. The summed E-state index contributed by atoms with van der Waals surface area (Å²) in [7, 11) is 0. The van der Waals surface area contributed by atoms with E-state index in [2.05, 4.69) is 41.5 Å². The highest BCUT2D eigenvalue weighted by Crippen LogP contribution is 2.60. The van der Waals surface area contributed by atoms with Gasteiger partial charge in [0.05, 0.1) is 85.5 Å². The summed E-state index contributed by atoms with van der Waals surface area (Å²) in [6.45, 7) is 16.6. The van der Waals surface area contributed by atoms with Gasteiger partial charge in [-0.1, -0.05) is 13.3 Å². The van der Waals surface area contributed by atoms with Crippen LogP contribution < -0.4 is 5.73 Å². The SMILES string of the molecule is CCCCOC[C@@H]1OC(C)(C)[C@]12CO[C@H]2COC[C@H](N)[C@@H]1OC(C)(C)C12CO[C@@H]2C. The molecule has 2 N–H and O–H groups in total. The normalized spacial score (nSPS) is 44.1. The van der Waals surface area contributed by atoms with Crippen LogP contribution in [0.15, 0.2) is 0 Å². The highest BCUT2D eigenvalue weighted by atomic mass is 16.6. The maximum Gasteiger partial charge on any atom is 0.0947 e. The van der Waals surface area contributed by atoms with E-state index in [9.17, 15) is 0 Å². The molecule has 4 rings (SSSR count). The van der Waals surface area contributed by atoms with Gasteiger partial charge in [-0.3, -0.25) is 0 Å². The Bertz CT molecular complexity index is 627. The number of hydrogen-bond donors (Lipinski definition) is 1. The summed E-state index contributed by atoms with van der Waals surface area (Å²) in [6.07, 6.45) is 2.41. The molecule has 4 heterocycles. The Kier molecular flexibility index (Phi) is 6.06. The smallest absolute Gasteiger partial charge is 0.0947 e. The molecule has 4 aliphatic rings. The molecule has 7 heteroatoms. The van der Waals surface area contributed by atoms with Gasteiger partial charge in [-0.15, -0.1) is 0 Å². The number of unbranched alkanes of at least 4 members (excludes halogenated alkanes) is 1. The van der Waals surface area contributed by atoms with E-state index in [0.717, 1.165) is 19.4 Å². The van der Waals surface area contributed by atoms with Crippen molar-refractivity contribution in [3.63, 3.8) is 0 Å². The van der Waals surface area contributed by atoms with E-state index in [-0.39, 0.29) is 52.5 Å². The summed E-state index contributed by atoms with van der Waals surface area (Å²) in [6, 6.07) is -0.181. The van der Waals surface area contributed by atoms with Crippen molar-refractivity contribution in [2.24, 2.45) is 16.6 Å². The summed E-state index contributed by atoms with van der Waals surface area (Å²) in [5.41, 5.74) is 6.01. The van der Waals surface area contributed by atoms with Crippen molar-refractivity contribution in [1.29, 1.82) is 0 Å². The van der Waals surface area contributed by atoms with Crippen LogP contribution in [0.2, 0.25) is 0 Å². The van der Waals surface area contributed by atoms with Gasteiger partial charge in [-0.2, -0.15) is 0 Å². The lowest BCUT2D eigenvalue weighted by atomic mass is 9.57. The fourth-order valence-electron chi connectivity index (χ4n) is 6.05. The first-order valence-corrected chi connectivity index (χ1v) is 11.6. The molecular weight excluding hydrogens is 386 g/mol. The van der Waals surface area contributed by atoms with Crippen LogP contribution in [0.1, 0.15) is 54.4 Å². The van der Waals surface area contributed by atoms with Crippen LogP contribution in [-0.4, -0.2) is 81.3 Å². The highest BCUT2D eigenvalue weighted by Gasteiger charge is 2.72. The van der Waals surface area contributed by atoms with Gasteiger partial charge in [0.2, 0.25) is 0 Å². The predicted octanol–water partition coefficient (Wildman–Crippen LogP) is 2.29. The van der Waals surface area contributed by atoms with Gasteiger partial charge in [0, 0.05) is 6.61 Å². The molecule has 1 unspecified atom stereocenters. The Hall–Kier alpha value is -0.280. The third-order valence-corrected chi connectivity index (χ3v) is 8.46. The van der Waals surface area contributed by atoms with Gasteiger partial charge in [-0.05, 0) is 41.0 Å². The quantitative estimate of drug-likeness (QED) is 0.536. The van der Waals surface area contributed by atoms with Crippen molar-refractivity contribution >= 4 is 0 Å². The second-order valence-corrected chi connectivity index (χ2v) is 10.6. The van der Waals surface area contributed by atoms with Crippen molar-refractivity contribution in [3.05, 3.63) is 0 Å². The second kappa shape index (κ2) is 7.94. The third-order valence-electron chi connectivity index (χ3n) is 8.46. The van der Waals surface area contributed by atoms with Gasteiger partial charge < -0.3 is 34.2 Å². The van der Waals surface area contributed by atoms with Gasteiger partial charge in [-0.25, -0.2) is 0 Å². The van der Waals surface area contributed by atoms with Crippen LogP contribution in [0, 0.1) is 10.8 Å². The van der Waals surface area contributed by atoms with Crippen molar-refractivity contribution < 1.29 is 28.4 Å². The van der Waals surface area contributed by atoms with E-state index >= 15 is 0 Å². The van der Waals surface area contributed by atoms with Crippen LogP contribution in [0.3, 0.4) is 0 Å². The Balaban J connectivity index is 1.27. The maximum absolute atomic E-state index is 6.49. The third kappa shape index (κ3) is 3.11. The number of rotatable bonds is 10. The minimum atomic E-state index is -0.232. The molecule has 0 bridgehead atoms. The summed E-state index contributed by atoms with van der Waals surface area (Å²) < 4.78 is 35.8. The zero-order valence-corrected chi connectivity index (χ0v) is 19.6. The molecule has 0 aromatic carbocycles. The molecule has 0 aliphatic carbocycles. The first-order chi connectivity index (χ1) is 14.1. The topological polar surface area (TPSA) is 81.4 Å². The Morgan fingerprint density at radius 1 is 0.933 bits per heavy atom. The number of ether oxygens (including phenoxy) is 6. The van der Waals surface area contributed by atoms with Crippen LogP contribution >= 0.6 is 0 Å². The zero-order chi connectivity index (χ0) is 21.8. The Morgan fingerprint density at radius 3 is 2.10 bits per heavy atom. The summed E-state index contributed by atoms with van der Waals surface area (Å²) in [5.74, 6) is 0. The minimum Gasteiger partial charge on any atom is -0.379 e. The first kappa shape index (κ1) is 22.9. The van der Waals surface area contributed by atoms with Crippen molar-refractivity contribution in [3.8, 4) is 0 Å². The monoisotopic (exact) mass is 427 g/mol. The molecule has 174 valence electrons. The summed E-state index contributed by atoms with van der Waals surface area (Å²) >= 11 is 0. The van der Waals surface area contributed by atoms with E-state index in [1.807, 2.05) is 0 Å². The number of hydrogen-bond acceptors (Lipinski definition) is 7. The van der Waals surface area contributed by atoms with Gasteiger partial charge >= 0.3 is 0 Å². The van der Waals surface area contributed by atoms with Crippen molar-refractivity contribution in [2.45, 2.75) is 96.0 Å². The molecule has 4 aliphatic heterocycles. The molecule has 4 saturated heterocycles. The van der Waals surface area contributed by atoms with Crippen molar-refractivity contribution in [1.82, 2.24) is 0 Å². The molecule has 30 heavy (non-hydrogen) atoms. The molecule has 0 amide bonds. The van der Waals surface area contributed by atoms with E-state index in [1.165, 1.54) is 0 Å². The first-order valence-electron chi connectivity index (χ1n) is 11.6. The molecule has 7 nitrogen and oxygen atoms in total. The highest BCUT2D eigenvalue weighted by molar-refractivity contribution is 5.19. The molecule has 4 fully saturated rings. The summed E-state index contributed by atoms with van der Waals surface area (Å²) in [5, 5.41) is 0. The average molecular weight is 428 g/mol. The summed E-state index contributed by atoms with van der Waals surface area (Å²) in [4.78, 5) is 0. The minimum absolute atomic E-state index is 0.00526. The predicted molar refractivity (Wildman–Crippen MR) is 112 cm³/mol. The average Bonchev–Trinajstić information content (AvgIpc) is 2.63. The molecular formula is C23H41NO6. The van der Waals surface area contributed by atoms with Crippen LogP contribution in [0.25, 0.3) is 0 Å². The maximum atomic E-state index is 6.49. The molecule has 2 spiro atoms. The fraction of sp³-hybridized carbons (Fsp3) is 1.00. The molecule has 7 atom stereocenters. The van der Waals surface area contributed by atoms with Gasteiger partial charge in [0.1, 0.15) is 0 Å². The fourth-order valence-corrected chi connectivity index (χ4v) is 6.05. The lowest BCUT2D eigenvalue weighted by Crippen LogP contribution is -2.81. The van der Waals surface area contributed by atoms with Crippen LogP contribution in [0.5, 0.6) is 0 Å². The zero-order valence-electron chi connectivity index (χ0n) is 19.6. The van der Waals surface area contributed by atoms with Crippen LogP contribution in [-0.2, 0) is 28.4 Å². The standard InChI is InChI=1S/C23H41NO6/c1-7-8-9-25-12-18-23(21(5,6)29-18)14-28-17(23)11-26-10-16(24)19-22(13-27-15(22)2)20(3,4)30-19/h15-19H,7-14,24H2,1-6H3/t15-,16+,17+,18+,19+,22?,23+/m1/s1. The molecule has 0 radical (unpaired) electrons. The van der Waals surface area contributed by atoms with Gasteiger partial charge in [0.25, 0.3) is 0 Å². The Labute approximate surface area is 181 Å². The molecule has 0 saturated carbocycles. The van der Waals surface area contributed by atoms with E-state index < -0.39 is 0 Å². The Morgan fingerprint density at radius 2 is 1.60 bits per heavy atom. The van der Waals surface area contributed by atoms with Crippen molar-refractivity contribution in [2.75, 3.05) is 39.6 Å². The molecule has 0 aromatic rings. The second-order valence-electron chi connectivity index (χ2n) is 10.6. The van der Waals surface area contributed by atoms with Gasteiger partial charge in [0.15, 0.2) is 0 Å². The van der Waals surface area contributed by atoms with E-state index in [1.54, 1.807) is 0 Å². The molecule has 0 aromatic heterocycles. The van der Waals surface area contributed by atoms with E-state index in [0.29, 0.717) is 33.0 Å². The van der Waals surface area contributed by atoms with E-state index in [4.69, 9.17) is 34.2 Å². The lowest BCUT2D eigenvalue weighted by Gasteiger charge is -2.69. The number of nitrogens with two attached hydrogens (primary N) is 1.